The van der Waals surface area contributed by atoms with E-state index in [4.69, 9.17) is 0 Å². The molecule has 1 saturated heterocycles. The molecule has 2 heterocycles. The fourth-order valence-electron chi connectivity index (χ4n) is 2.14. The number of nitrogens with zero attached hydrogens (tertiary/aromatic N) is 2. The molecule has 1 fully saturated rings. The van der Waals surface area contributed by atoms with Crippen LogP contribution in [0.2, 0.25) is 0 Å². The number of para-hydroxylation sites is 1. The molecule has 1 aliphatic rings. The number of hydrogen-bond acceptors (Lipinski definition) is 5. The highest BCUT2D eigenvalue weighted by Gasteiger charge is 2.30. The zero-order valence-electron chi connectivity index (χ0n) is 9.67. The van der Waals surface area contributed by atoms with Crippen LogP contribution in [0.15, 0.2) is 24.3 Å². The normalized spacial score (nSPS) is 20.2. The van der Waals surface area contributed by atoms with E-state index in [1.165, 1.54) is 0 Å². The van der Waals surface area contributed by atoms with Gasteiger partial charge in [0.2, 0.25) is 0 Å². The molecule has 1 atom stereocenters. The Labute approximate surface area is 108 Å². The third-order valence-electron chi connectivity index (χ3n) is 3.06. The van der Waals surface area contributed by atoms with Crippen LogP contribution < -0.4 is 10.2 Å². The maximum Gasteiger partial charge on any atom is 0.327 e. The van der Waals surface area contributed by atoms with Gasteiger partial charge >= 0.3 is 5.97 Å². The number of aliphatic carboxylic acids is 1. The molecule has 1 aromatic heterocycles. The molecule has 1 unspecified atom stereocenters. The molecule has 0 radical (unpaired) electrons. The Balaban J connectivity index is 1.98. The Morgan fingerprint density at radius 2 is 2.33 bits per heavy atom. The van der Waals surface area contributed by atoms with Crippen LogP contribution in [0.5, 0.6) is 0 Å². The summed E-state index contributed by atoms with van der Waals surface area (Å²) in [7, 11) is 0. The van der Waals surface area contributed by atoms with Gasteiger partial charge in [0, 0.05) is 19.6 Å². The largest absolute Gasteiger partial charge is 0.480 e. The van der Waals surface area contributed by atoms with Crippen molar-refractivity contribution in [2.75, 3.05) is 24.5 Å². The number of nitrogens with one attached hydrogen (secondary N) is 1. The fraction of sp³-hybridized carbons (Fsp3) is 0.333. The summed E-state index contributed by atoms with van der Waals surface area (Å²) in [5.74, 6) is -0.804. The summed E-state index contributed by atoms with van der Waals surface area (Å²) < 4.78 is 1.09. The summed E-state index contributed by atoms with van der Waals surface area (Å²) in [5.41, 5.74) is 0.931. The number of aromatic nitrogens is 1. The lowest BCUT2D eigenvalue weighted by Crippen LogP contribution is -2.55. The van der Waals surface area contributed by atoms with Gasteiger partial charge in [-0.25, -0.2) is 9.78 Å². The molecule has 6 heteroatoms. The van der Waals surface area contributed by atoms with Gasteiger partial charge in [-0.05, 0) is 12.1 Å². The van der Waals surface area contributed by atoms with Crippen LogP contribution >= 0.6 is 11.3 Å². The smallest absolute Gasteiger partial charge is 0.327 e. The average molecular weight is 263 g/mol. The fourth-order valence-corrected chi connectivity index (χ4v) is 3.18. The molecular formula is C12H13N3O2S. The first-order valence-electron chi connectivity index (χ1n) is 5.81. The van der Waals surface area contributed by atoms with Gasteiger partial charge in [-0.1, -0.05) is 23.5 Å². The number of hydrogen-bond donors (Lipinski definition) is 2. The van der Waals surface area contributed by atoms with E-state index in [1.54, 1.807) is 11.3 Å². The maximum absolute atomic E-state index is 11.2. The first-order valence-corrected chi connectivity index (χ1v) is 6.63. The molecule has 1 aliphatic heterocycles. The number of anilines is 1. The third kappa shape index (κ3) is 1.93. The Morgan fingerprint density at radius 1 is 1.50 bits per heavy atom. The van der Waals surface area contributed by atoms with Crippen molar-refractivity contribution in [2.45, 2.75) is 6.04 Å². The topological polar surface area (TPSA) is 65.5 Å². The van der Waals surface area contributed by atoms with E-state index >= 15 is 0 Å². The van der Waals surface area contributed by atoms with Gasteiger partial charge in [0.15, 0.2) is 5.13 Å². The number of thiazole rings is 1. The number of benzene rings is 1. The van der Waals surface area contributed by atoms with Crippen LogP contribution in [-0.4, -0.2) is 41.7 Å². The first kappa shape index (κ1) is 11.4. The van der Waals surface area contributed by atoms with Crippen molar-refractivity contribution in [1.29, 1.82) is 0 Å². The average Bonchev–Trinajstić information content (AvgIpc) is 2.82. The second-order valence-corrected chi connectivity index (χ2v) is 5.22. The maximum atomic E-state index is 11.2. The van der Waals surface area contributed by atoms with Gasteiger partial charge in [0.1, 0.15) is 6.04 Å². The van der Waals surface area contributed by atoms with Gasteiger partial charge in [-0.15, -0.1) is 0 Å². The van der Waals surface area contributed by atoms with Crippen LogP contribution in [0.1, 0.15) is 0 Å². The Hall–Kier alpha value is -1.66. The quantitative estimate of drug-likeness (QED) is 0.851. The van der Waals surface area contributed by atoms with E-state index in [0.29, 0.717) is 13.1 Å². The molecule has 18 heavy (non-hydrogen) atoms. The molecular weight excluding hydrogens is 250 g/mol. The van der Waals surface area contributed by atoms with E-state index < -0.39 is 12.0 Å². The summed E-state index contributed by atoms with van der Waals surface area (Å²) >= 11 is 1.55. The number of rotatable bonds is 2. The van der Waals surface area contributed by atoms with Crippen molar-refractivity contribution < 1.29 is 9.90 Å². The molecule has 2 aromatic rings. The van der Waals surface area contributed by atoms with Gasteiger partial charge < -0.3 is 15.3 Å². The van der Waals surface area contributed by atoms with Crippen LogP contribution in [0, 0.1) is 0 Å². The van der Waals surface area contributed by atoms with Gasteiger partial charge in [-0.3, -0.25) is 0 Å². The van der Waals surface area contributed by atoms with E-state index in [2.05, 4.69) is 10.3 Å². The monoisotopic (exact) mass is 263 g/mol. The molecule has 3 rings (SSSR count). The zero-order chi connectivity index (χ0) is 12.5. The Kier molecular flexibility index (Phi) is 2.89. The zero-order valence-corrected chi connectivity index (χ0v) is 10.5. The lowest BCUT2D eigenvalue weighted by Gasteiger charge is -2.33. The molecule has 0 aliphatic carbocycles. The first-order chi connectivity index (χ1) is 8.75. The van der Waals surface area contributed by atoms with E-state index in [1.807, 2.05) is 29.2 Å². The highest BCUT2D eigenvalue weighted by Crippen LogP contribution is 2.30. The van der Waals surface area contributed by atoms with Gasteiger partial charge in [0.25, 0.3) is 0 Å². The van der Waals surface area contributed by atoms with Crippen molar-refractivity contribution in [1.82, 2.24) is 10.3 Å². The van der Waals surface area contributed by atoms with Crippen molar-refractivity contribution in [2.24, 2.45) is 0 Å². The third-order valence-corrected chi connectivity index (χ3v) is 4.13. The molecule has 1 aromatic carbocycles. The molecule has 0 amide bonds. The van der Waals surface area contributed by atoms with Crippen molar-refractivity contribution in [3.63, 3.8) is 0 Å². The number of piperazine rings is 1. The van der Waals surface area contributed by atoms with E-state index in [-0.39, 0.29) is 0 Å². The minimum absolute atomic E-state index is 0.464. The molecule has 0 bridgehead atoms. The SMILES string of the molecule is O=C(O)C1CNCCN1c1nc2ccccc2s1. The standard InChI is InChI=1S/C12H13N3O2S/c16-11(17)9-7-13-5-6-15(9)12-14-8-3-1-2-4-10(8)18-12/h1-4,9,13H,5-7H2,(H,16,17). The second kappa shape index (κ2) is 4.55. The van der Waals surface area contributed by atoms with Crippen LogP contribution in [-0.2, 0) is 4.79 Å². The van der Waals surface area contributed by atoms with Gasteiger partial charge in [-0.2, -0.15) is 0 Å². The van der Waals surface area contributed by atoms with Crippen molar-refractivity contribution >= 4 is 32.7 Å². The summed E-state index contributed by atoms with van der Waals surface area (Å²) in [4.78, 5) is 17.6. The molecule has 0 spiro atoms. The summed E-state index contributed by atoms with van der Waals surface area (Å²) in [6, 6.07) is 7.34. The molecule has 0 saturated carbocycles. The van der Waals surface area contributed by atoms with Crippen molar-refractivity contribution in [3.8, 4) is 0 Å². The van der Waals surface area contributed by atoms with E-state index in [0.717, 1.165) is 21.9 Å². The van der Waals surface area contributed by atoms with Crippen molar-refractivity contribution in [3.05, 3.63) is 24.3 Å². The minimum atomic E-state index is -0.804. The van der Waals surface area contributed by atoms with Crippen LogP contribution in [0.25, 0.3) is 10.2 Å². The Morgan fingerprint density at radius 3 is 3.11 bits per heavy atom. The lowest BCUT2D eigenvalue weighted by molar-refractivity contribution is -0.138. The number of carboxylic acids is 1. The summed E-state index contributed by atoms with van der Waals surface area (Å²) in [6.07, 6.45) is 0. The predicted octanol–water partition coefficient (Wildman–Crippen LogP) is 1.16. The molecule has 2 N–H and O–H groups in total. The Bertz CT molecular complexity index is 550. The predicted molar refractivity (Wildman–Crippen MR) is 71.3 cm³/mol. The number of fused-ring (bicyclic) bond motifs is 1. The highest BCUT2D eigenvalue weighted by atomic mass is 32.1. The summed E-state index contributed by atoms with van der Waals surface area (Å²) in [6.45, 7) is 1.93. The second-order valence-electron chi connectivity index (χ2n) is 4.22. The number of carboxylic acid groups (broad SMARTS) is 1. The van der Waals surface area contributed by atoms with Crippen LogP contribution in [0.3, 0.4) is 0 Å². The minimum Gasteiger partial charge on any atom is -0.480 e. The number of carbonyl (C=O) groups is 1. The lowest BCUT2D eigenvalue weighted by atomic mass is 10.2. The molecule has 5 nitrogen and oxygen atoms in total. The van der Waals surface area contributed by atoms with Gasteiger partial charge in [0.05, 0.1) is 10.2 Å². The summed E-state index contributed by atoms with van der Waals surface area (Å²) in [5, 5.41) is 13.1. The highest BCUT2D eigenvalue weighted by molar-refractivity contribution is 7.22. The van der Waals surface area contributed by atoms with E-state index in [9.17, 15) is 9.90 Å². The molecule has 94 valence electrons. The van der Waals surface area contributed by atoms with Crippen LogP contribution in [0.4, 0.5) is 5.13 Å².